The molecule has 1 aliphatic rings. The van der Waals surface area contributed by atoms with Crippen LogP contribution in [0.15, 0.2) is 24.3 Å². The zero-order valence-electron chi connectivity index (χ0n) is 16.5. The van der Waals surface area contributed by atoms with E-state index in [1.165, 1.54) is 51.4 Å². The van der Waals surface area contributed by atoms with Crippen molar-refractivity contribution in [3.63, 3.8) is 0 Å². The average Bonchev–Trinajstić information content (AvgIpc) is 3.08. The zero-order valence-corrected chi connectivity index (χ0v) is 16.5. The zero-order chi connectivity index (χ0) is 19.3. The van der Waals surface area contributed by atoms with Gasteiger partial charge in [-0.15, -0.1) is 0 Å². The van der Waals surface area contributed by atoms with Gasteiger partial charge in [0.05, 0.1) is 13.2 Å². The summed E-state index contributed by atoms with van der Waals surface area (Å²) >= 11 is 0. The van der Waals surface area contributed by atoms with Crippen LogP contribution in [0.3, 0.4) is 0 Å². The molecule has 1 saturated heterocycles. The van der Waals surface area contributed by atoms with Gasteiger partial charge in [-0.2, -0.15) is 0 Å². The van der Waals surface area contributed by atoms with Crippen molar-refractivity contribution >= 4 is 11.9 Å². The summed E-state index contributed by atoms with van der Waals surface area (Å²) < 4.78 is 10.6. The summed E-state index contributed by atoms with van der Waals surface area (Å²) in [6, 6.07) is 6.52. The van der Waals surface area contributed by atoms with E-state index >= 15 is 0 Å². The first-order chi connectivity index (χ1) is 13.2. The minimum atomic E-state index is -0.528. The summed E-state index contributed by atoms with van der Waals surface area (Å²) in [5.41, 5.74) is 0.519. The molecular formula is C22H33NO4. The van der Waals surface area contributed by atoms with Gasteiger partial charge in [0.15, 0.2) is 0 Å². The number of rotatable bonds is 13. The maximum absolute atomic E-state index is 12.1. The molecule has 1 fully saturated rings. The molecule has 1 unspecified atom stereocenters. The number of hydrogen-bond acceptors (Lipinski definition) is 4. The Hall–Kier alpha value is -2.04. The predicted octanol–water partition coefficient (Wildman–Crippen LogP) is 4.64. The summed E-state index contributed by atoms with van der Waals surface area (Å²) in [6.45, 7) is 3.32. The molecule has 1 aliphatic heterocycles. The van der Waals surface area contributed by atoms with Crippen LogP contribution in [0.4, 0.5) is 0 Å². The maximum Gasteiger partial charge on any atom is 0.328 e. The summed E-state index contributed by atoms with van der Waals surface area (Å²) in [5.74, 6) is 0.153. The molecule has 5 heteroatoms. The van der Waals surface area contributed by atoms with Crippen molar-refractivity contribution in [1.82, 2.24) is 5.32 Å². The molecule has 0 bridgehead atoms. The van der Waals surface area contributed by atoms with Crippen molar-refractivity contribution in [3.8, 4) is 5.75 Å². The van der Waals surface area contributed by atoms with E-state index < -0.39 is 6.04 Å². The van der Waals surface area contributed by atoms with E-state index in [0.29, 0.717) is 25.2 Å². The van der Waals surface area contributed by atoms with Gasteiger partial charge in [0, 0.05) is 12.0 Å². The number of nitrogens with one attached hydrogen (secondary N) is 1. The van der Waals surface area contributed by atoms with Crippen LogP contribution < -0.4 is 10.1 Å². The summed E-state index contributed by atoms with van der Waals surface area (Å²) in [6.07, 6.45) is 12.1. The van der Waals surface area contributed by atoms with Gasteiger partial charge in [-0.05, 0) is 30.7 Å². The summed E-state index contributed by atoms with van der Waals surface area (Å²) in [7, 11) is 0. The molecule has 0 aliphatic carbocycles. The van der Waals surface area contributed by atoms with E-state index in [9.17, 15) is 9.59 Å². The van der Waals surface area contributed by atoms with Crippen molar-refractivity contribution in [2.75, 3.05) is 13.2 Å². The Morgan fingerprint density at radius 3 is 2.26 bits per heavy atom. The first kappa shape index (κ1) is 21.3. The number of cyclic esters (lactones) is 1. The van der Waals surface area contributed by atoms with Crippen LogP contribution >= 0.6 is 0 Å². The number of esters is 1. The molecule has 0 radical (unpaired) electrons. The smallest absolute Gasteiger partial charge is 0.328 e. The molecule has 5 nitrogen and oxygen atoms in total. The van der Waals surface area contributed by atoms with Crippen molar-refractivity contribution in [2.45, 2.75) is 77.2 Å². The Bertz CT molecular complexity index is 570. The van der Waals surface area contributed by atoms with Gasteiger partial charge in [0.1, 0.15) is 11.8 Å². The molecule has 1 aromatic rings. The van der Waals surface area contributed by atoms with Crippen LogP contribution in [-0.2, 0) is 9.53 Å². The SMILES string of the molecule is CCCCCCCCCCCOc1ccc(C(=O)NC2CCOC2=O)cc1. The Morgan fingerprint density at radius 2 is 1.67 bits per heavy atom. The molecule has 1 heterocycles. The number of carbonyl (C=O) groups excluding carboxylic acids is 2. The molecule has 0 saturated carbocycles. The minimum absolute atomic E-state index is 0.260. The molecule has 0 spiro atoms. The molecule has 2 rings (SSSR count). The van der Waals surface area contributed by atoms with E-state index in [2.05, 4.69) is 12.2 Å². The summed E-state index contributed by atoms with van der Waals surface area (Å²) in [5, 5.41) is 2.70. The number of carbonyl (C=O) groups is 2. The highest BCUT2D eigenvalue weighted by Gasteiger charge is 2.28. The largest absolute Gasteiger partial charge is 0.494 e. The maximum atomic E-state index is 12.1. The van der Waals surface area contributed by atoms with E-state index in [0.717, 1.165) is 12.2 Å². The highest BCUT2D eigenvalue weighted by Crippen LogP contribution is 2.15. The van der Waals surface area contributed by atoms with Crippen LogP contribution in [-0.4, -0.2) is 31.1 Å². The van der Waals surface area contributed by atoms with Gasteiger partial charge < -0.3 is 14.8 Å². The molecule has 1 amide bonds. The molecule has 0 aromatic heterocycles. The van der Waals surface area contributed by atoms with E-state index in [1.807, 2.05) is 0 Å². The Labute approximate surface area is 162 Å². The van der Waals surface area contributed by atoms with Gasteiger partial charge in [-0.25, -0.2) is 4.79 Å². The molecule has 27 heavy (non-hydrogen) atoms. The number of unbranched alkanes of at least 4 members (excludes halogenated alkanes) is 8. The van der Waals surface area contributed by atoms with Crippen molar-refractivity contribution in [3.05, 3.63) is 29.8 Å². The third-order valence-corrected chi connectivity index (χ3v) is 4.87. The van der Waals surface area contributed by atoms with Crippen LogP contribution in [0.1, 0.15) is 81.5 Å². The second kappa shape index (κ2) is 12.4. The van der Waals surface area contributed by atoms with Crippen LogP contribution in [0, 0.1) is 0 Å². The molecule has 1 aromatic carbocycles. The summed E-state index contributed by atoms with van der Waals surface area (Å²) in [4.78, 5) is 23.6. The number of hydrogen-bond donors (Lipinski definition) is 1. The van der Waals surface area contributed by atoms with Crippen molar-refractivity contribution in [1.29, 1.82) is 0 Å². The second-order valence-corrected chi connectivity index (χ2v) is 7.18. The fourth-order valence-electron chi connectivity index (χ4n) is 3.17. The fraction of sp³-hybridized carbons (Fsp3) is 0.636. The quantitative estimate of drug-likeness (QED) is 0.403. The number of ether oxygens (including phenoxy) is 2. The highest BCUT2D eigenvalue weighted by molar-refractivity contribution is 5.97. The lowest BCUT2D eigenvalue weighted by molar-refractivity contribution is -0.139. The average molecular weight is 376 g/mol. The molecule has 150 valence electrons. The topological polar surface area (TPSA) is 64.6 Å². The van der Waals surface area contributed by atoms with Gasteiger partial charge in [0.2, 0.25) is 0 Å². The number of benzene rings is 1. The lowest BCUT2D eigenvalue weighted by Gasteiger charge is -2.10. The van der Waals surface area contributed by atoms with Crippen LogP contribution in [0.2, 0.25) is 0 Å². The third-order valence-electron chi connectivity index (χ3n) is 4.87. The van der Waals surface area contributed by atoms with Gasteiger partial charge in [0.25, 0.3) is 5.91 Å². The van der Waals surface area contributed by atoms with Crippen molar-refractivity contribution < 1.29 is 19.1 Å². The van der Waals surface area contributed by atoms with Crippen molar-refractivity contribution in [2.24, 2.45) is 0 Å². The molecular weight excluding hydrogens is 342 g/mol. The normalized spacial score (nSPS) is 16.2. The minimum Gasteiger partial charge on any atom is -0.494 e. The van der Waals surface area contributed by atoms with Gasteiger partial charge >= 0.3 is 5.97 Å². The first-order valence-corrected chi connectivity index (χ1v) is 10.4. The lowest BCUT2D eigenvalue weighted by atomic mass is 10.1. The first-order valence-electron chi connectivity index (χ1n) is 10.4. The van der Waals surface area contributed by atoms with E-state index in [1.54, 1.807) is 24.3 Å². The fourth-order valence-corrected chi connectivity index (χ4v) is 3.17. The Morgan fingerprint density at radius 1 is 1.04 bits per heavy atom. The van der Waals surface area contributed by atoms with E-state index in [-0.39, 0.29) is 11.9 Å². The van der Waals surface area contributed by atoms with Gasteiger partial charge in [-0.3, -0.25) is 4.79 Å². The highest BCUT2D eigenvalue weighted by atomic mass is 16.5. The number of amides is 1. The van der Waals surface area contributed by atoms with E-state index in [4.69, 9.17) is 9.47 Å². The standard InChI is InChI=1S/C22H33NO4/c1-2-3-4-5-6-7-8-9-10-16-26-19-13-11-18(12-14-19)21(24)23-20-15-17-27-22(20)25/h11-14,20H,2-10,15-17H2,1H3,(H,23,24). The lowest BCUT2D eigenvalue weighted by Crippen LogP contribution is -2.37. The monoisotopic (exact) mass is 375 g/mol. The second-order valence-electron chi connectivity index (χ2n) is 7.18. The Balaban J connectivity index is 1.56. The third kappa shape index (κ3) is 8.02. The predicted molar refractivity (Wildman–Crippen MR) is 106 cm³/mol. The van der Waals surface area contributed by atoms with Crippen LogP contribution in [0.25, 0.3) is 0 Å². The molecule has 1 atom stereocenters. The molecule has 1 N–H and O–H groups in total. The van der Waals surface area contributed by atoms with Gasteiger partial charge in [-0.1, -0.05) is 58.3 Å². The Kier molecular flexibility index (Phi) is 9.74. The van der Waals surface area contributed by atoms with Crippen LogP contribution in [0.5, 0.6) is 5.75 Å².